The molecule has 0 aliphatic heterocycles. The number of hydrogen-bond acceptors (Lipinski definition) is 3. The molecule has 0 fully saturated rings. The Morgan fingerprint density at radius 3 is 2.70 bits per heavy atom. The Labute approximate surface area is 138 Å². The summed E-state index contributed by atoms with van der Waals surface area (Å²) in [6, 6.07) is 10.7. The third-order valence-electron chi connectivity index (χ3n) is 3.56. The number of carbonyl (C=O) groups excluding carboxylic acids is 1. The van der Waals surface area contributed by atoms with Gasteiger partial charge in [0, 0.05) is 23.0 Å². The van der Waals surface area contributed by atoms with Gasteiger partial charge in [-0.25, -0.2) is 4.98 Å². The van der Waals surface area contributed by atoms with Crippen LogP contribution in [0.3, 0.4) is 0 Å². The van der Waals surface area contributed by atoms with Crippen LogP contribution in [0, 0.1) is 0 Å². The molecule has 3 aromatic rings. The minimum absolute atomic E-state index is 0.207. The summed E-state index contributed by atoms with van der Waals surface area (Å²) >= 11 is 6.00. The first kappa shape index (κ1) is 15.4. The maximum atomic E-state index is 12.7. The molecule has 0 unspecified atom stereocenters. The molecule has 0 atom stereocenters. The number of halogens is 1. The molecule has 3 rings (SSSR count). The number of aromatic nitrogens is 2. The summed E-state index contributed by atoms with van der Waals surface area (Å²) in [7, 11) is 1.60. The van der Waals surface area contributed by atoms with Crippen molar-refractivity contribution in [2.24, 2.45) is 0 Å². The van der Waals surface area contributed by atoms with Crippen LogP contribution in [-0.4, -0.2) is 22.4 Å². The second-order valence-corrected chi connectivity index (χ2v) is 5.45. The Balaban J connectivity index is 1.96. The summed E-state index contributed by atoms with van der Waals surface area (Å²) in [5, 5.41) is 3.48. The van der Waals surface area contributed by atoms with Gasteiger partial charge in [0.2, 0.25) is 0 Å². The van der Waals surface area contributed by atoms with Gasteiger partial charge in [0.1, 0.15) is 17.1 Å². The number of amides is 1. The van der Waals surface area contributed by atoms with Crippen LogP contribution in [0.15, 0.2) is 42.6 Å². The summed E-state index contributed by atoms with van der Waals surface area (Å²) in [5.41, 5.74) is 2.62. The molecule has 1 amide bonds. The van der Waals surface area contributed by atoms with Crippen LogP contribution in [0.25, 0.3) is 5.65 Å². The molecular formula is C17H16ClN3O2. The molecule has 5 nitrogen and oxygen atoms in total. The highest BCUT2D eigenvalue weighted by molar-refractivity contribution is 6.30. The zero-order chi connectivity index (χ0) is 16.4. The number of fused-ring (bicyclic) bond motifs is 1. The van der Waals surface area contributed by atoms with E-state index in [1.165, 1.54) is 0 Å². The summed E-state index contributed by atoms with van der Waals surface area (Å²) in [6.45, 7) is 1.97. The van der Waals surface area contributed by atoms with E-state index in [0.29, 0.717) is 28.5 Å². The number of methoxy groups -OCH3 is 1. The van der Waals surface area contributed by atoms with Crippen molar-refractivity contribution in [1.82, 2.24) is 9.38 Å². The van der Waals surface area contributed by atoms with Crippen LogP contribution in [-0.2, 0) is 6.42 Å². The van der Waals surface area contributed by atoms with Crippen LogP contribution in [0.1, 0.15) is 23.1 Å². The standard InChI is InChI=1S/C17H16ClN3O2/c1-3-14-16(21-9-8-11(18)10-15(21)20-14)17(22)19-12-4-6-13(23-2)7-5-12/h4-10H,3H2,1-2H3,(H,19,22). The number of imidazole rings is 1. The zero-order valence-electron chi connectivity index (χ0n) is 12.8. The van der Waals surface area contributed by atoms with Crippen molar-refractivity contribution in [3.8, 4) is 5.75 Å². The monoisotopic (exact) mass is 329 g/mol. The second-order valence-electron chi connectivity index (χ2n) is 5.02. The molecule has 1 aromatic carbocycles. The summed E-state index contributed by atoms with van der Waals surface area (Å²) < 4.78 is 6.87. The van der Waals surface area contributed by atoms with Crippen molar-refractivity contribution < 1.29 is 9.53 Å². The van der Waals surface area contributed by atoms with Crippen molar-refractivity contribution in [3.05, 3.63) is 59.0 Å². The topological polar surface area (TPSA) is 55.6 Å². The number of nitrogens with one attached hydrogen (secondary N) is 1. The highest BCUT2D eigenvalue weighted by Crippen LogP contribution is 2.20. The zero-order valence-corrected chi connectivity index (χ0v) is 13.6. The average Bonchev–Trinajstić information content (AvgIpc) is 2.93. The first-order chi connectivity index (χ1) is 11.1. The Kier molecular flexibility index (Phi) is 4.21. The Bertz CT molecular complexity index is 856. The van der Waals surface area contributed by atoms with Gasteiger partial charge in [0.25, 0.3) is 5.91 Å². The molecular weight excluding hydrogens is 314 g/mol. The summed E-state index contributed by atoms with van der Waals surface area (Å²) in [4.78, 5) is 17.2. The minimum Gasteiger partial charge on any atom is -0.497 e. The first-order valence-electron chi connectivity index (χ1n) is 7.24. The molecule has 118 valence electrons. The number of carbonyl (C=O) groups is 1. The van der Waals surface area contributed by atoms with Gasteiger partial charge in [-0.05, 0) is 36.8 Å². The molecule has 0 spiro atoms. The van der Waals surface area contributed by atoms with Gasteiger partial charge in [0.15, 0.2) is 0 Å². The minimum atomic E-state index is -0.207. The normalized spacial score (nSPS) is 10.7. The van der Waals surface area contributed by atoms with Gasteiger partial charge in [0.05, 0.1) is 12.8 Å². The number of anilines is 1. The first-order valence-corrected chi connectivity index (χ1v) is 7.62. The molecule has 0 aliphatic rings. The quantitative estimate of drug-likeness (QED) is 0.791. The predicted octanol–water partition coefficient (Wildman–Crippen LogP) is 3.81. The fourth-order valence-corrected chi connectivity index (χ4v) is 2.57. The summed E-state index contributed by atoms with van der Waals surface area (Å²) in [6.07, 6.45) is 2.41. The van der Waals surface area contributed by atoms with Crippen LogP contribution >= 0.6 is 11.6 Å². The number of hydrogen-bond donors (Lipinski definition) is 1. The van der Waals surface area contributed by atoms with Gasteiger partial charge in [-0.3, -0.25) is 9.20 Å². The van der Waals surface area contributed by atoms with Gasteiger partial charge in [-0.2, -0.15) is 0 Å². The Morgan fingerprint density at radius 1 is 1.30 bits per heavy atom. The van der Waals surface area contributed by atoms with E-state index in [1.807, 2.05) is 6.92 Å². The third-order valence-corrected chi connectivity index (χ3v) is 3.79. The summed E-state index contributed by atoms with van der Waals surface area (Å²) in [5.74, 6) is 0.531. The lowest BCUT2D eigenvalue weighted by molar-refractivity contribution is 0.102. The lowest BCUT2D eigenvalue weighted by Crippen LogP contribution is -2.16. The fraction of sp³-hybridized carbons (Fsp3) is 0.176. The maximum absolute atomic E-state index is 12.7. The van der Waals surface area contributed by atoms with E-state index in [0.717, 1.165) is 11.4 Å². The van der Waals surface area contributed by atoms with Crippen molar-refractivity contribution in [1.29, 1.82) is 0 Å². The van der Waals surface area contributed by atoms with E-state index in [2.05, 4.69) is 10.3 Å². The Hall–Kier alpha value is -2.53. The van der Waals surface area contributed by atoms with Crippen molar-refractivity contribution in [2.75, 3.05) is 12.4 Å². The highest BCUT2D eigenvalue weighted by atomic mass is 35.5. The smallest absolute Gasteiger partial charge is 0.274 e. The number of benzene rings is 1. The van der Waals surface area contributed by atoms with Gasteiger partial charge >= 0.3 is 0 Å². The van der Waals surface area contributed by atoms with Crippen molar-refractivity contribution in [3.63, 3.8) is 0 Å². The second kappa shape index (κ2) is 6.30. The average molecular weight is 330 g/mol. The van der Waals surface area contributed by atoms with E-state index in [-0.39, 0.29) is 5.91 Å². The number of pyridine rings is 1. The molecule has 23 heavy (non-hydrogen) atoms. The molecule has 2 heterocycles. The predicted molar refractivity (Wildman–Crippen MR) is 90.5 cm³/mol. The van der Waals surface area contributed by atoms with E-state index in [1.54, 1.807) is 54.1 Å². The molecule has 6 heteroatoms. The van der Waals surface area contributed by atoms with Crippen LogP contribution in [0.2, 0.25) is 5.02 Å². The van der Waals surface area contributed by atoms with E-state index >= 15 is 0 Å². The van der Waals surface area contributed by atoms with Crippen LogP contribution in [0.4, 0.5) is 5.69 Å². The van der Waals surface area contributed by atoms with Crippen molar-refractivity contribution >= 4 is 28.8 Å². The molecule has 0 aliphatic carbocycles. The lowest BCUT2D eigenvalue weighted by atomic mass is 10.2. The largest absolute Gasteiger partial charge is 0.497 e. The Morgan fingerprint density at radius 2 is 2.04 bits per heavy atom. The van der Waals surface area contributed by atoms with E-state index in [9.17, 15) is 4.79 Å². The van der Waals surface area contributed by atoms with E-state index < -0.39 is 0 Å². The molecule has 0 saturated heterocycles. The van der Waals surface area contributed by atoms with Crippen molar-refractivity contribution in [2.45, 2.75) is 13.3 Å². The highest BCUT2D eigenvalue weighted by Gasteiger charge is 2.18. The number of aryl methyl sites for hydroxylation is 1. The molecule has 0 radical (unpaired) electrons. The van der Waals surface area contributed by atoms with Crippen LogP contribution < -0.4 is 10.1 Å². The van der Waals surface area contributed by atoms with E-state index in [4.69, 9.17) is 16.3 Å². The molecule has 1 N–H and O–H groups in total. The lowest BCUT2D eigenvalue weighted by Gasteiger charge is -2.07. The number of ether oxygens (including phenoxy) is 1. The molecule has 2 aromatic heterocycles. The van der Waals surface area contributed by atoms with Gasteiger partial charge < -0.3 is 10.1 Å². The van der Waals surface area contributed by atoms with Crippen LogP contribution in [0.5, 0.6) is 5.75 Å². The number of nitrogens with zero attached hydrogens (tertiary/aromatic N) is 2. The van der Waals surface area contributed by atoms with Gasteiger partial charge in [-0.15, -0.1) is 0 Å². The fourth-order valence-electron chi connectivity index (χ4n) is 2.42. The SMILES string of the molecule is CCc1nc2cc(Cl)ccn2c1C(=O)Nc1ccc(OC)cc1. The van der Waals surface area contributed by atoms with Gasteiger partial charge in [-0.1, -0.05) is 18.5 Å². The molecule has 0 saturated carbocycles. The maximum Gasteiger partial charge on any atom is 0.274 e. The molecule has 0 bridgehead atoms. The number of rotatable bonds is 4. The third kappa shape index (κ3) is 3.00.